The number of ether oxygens (including phenoxy) is 1. The van der Waals surface area contributed by atoms with Gasteiger partial charge in [0.05, 0.1) is 12.9 Å². The summed E-state index contributed by atoms with van der Waals surface area (Å²) in [7, 11) is 0. The molecule has 3 aromatic rings. The third-order valence-corrected chi connectivity index (χ3v) is 5.16. The first kappa shape index (κ1) is 18.3. The lowest BCUT2D eigenvalue weighted by molar-refractivity contribution is -0.0511. The van der Waals surface area contributed by atoms with E-state index < -0.39 is 31.1 Å². The summed E-state index contributed by atoms with van der Waals surface area (Å²) < 4.78 is 7.22. The van der Waals surface area contributed by atoms with Crippen molar-refractivity contribution in [3.63, 3.8) is 0 Å². The molecule has 0 bridgehead atoms. The number of hydrogen-bond donors (Lipinski definition) is 5. The summed E-state index contributed by atoms with van der Waals surface area (Å²) in [6.45, 7) is -0.397. The molecule has 2 fully saturated rings. The molecule has 1 unspecified atom stereocenters. The Morgan fingerprint density at radius 3 is 2.59 bits per heavy atom. The summed E-state index contributed by atoms with van der Waals surface area (Å²) in [5.41, 5.74) is 1.84. The highest BCUT2D eigenvalue weighted by Crippen LogP contribution is 2.34. The molecule has 1 saturated heterocycles. The summed E-state index contributed by atoms with van der Waals surface area (Å²) >= 11 is 0. The lowest BCUT2D eigenvalue weighted by atomic mass is 10.1. The van der Waals surface area contributed by atoms with Crippen LogP contribution in [0.15, 0.2) is 36.7 Å². The molecule has 4 atom stereocenters. The van der Waals surface area contributed by atoms with Gasteiger partial charge in [0.1, 0.15) is 18.3 Å². The van der Waals surface area contributed by atoms with E-state index >= 15 is 0 Å². The number of fused-ring (bicyclic) bond motifs is 1. The summed E-state index contributed by atoms with van der Waals surface area (Å²) in [5, 5.41) is 36.4. The number of imidazole rings is 1. The van der Waals surface area contributed by atoms with Gasteiger partial charge >= 0.3 is 0 Å². The van der Waals surface area contributed by atoms with Gasteiger partial charge in [-0.3, -0.25) is 4.57 Å². The van der Waals surface area contributed by atoms with Crippen LogP contribution in [-0.2, 0) is 4.74 Å². The molecule has 29 heavy (non-hydrogen) atoms. The topological polar surface area (TPSA) is 138 Å². The molecule has 5 N–H and O–H groups in total. The van der Waals surface area contributed by atoms with Crippen LogP contribution in [0, 0.1) is 0 Å². The Labute approximate surface area is 166 Å². The summed E-state index contributed by atoms with van der Waals surface area (Å²) in [6, 6.07) is 9.92. The van der Waals surface area contributed by atoms with Gasteiger partial charge in [0.25, 0.3) is 0 Å². The number of anilines is 3. The van der Waals surface area contributed by atoms with Crippen LogP contribution >= 0.6 is 0 Å². The smallest absolute Gasteiger partial charge is 0.231 e. The van der Waals surface area contributed by atoms with E-state index in [-0.39, 0.29) is 0 Å². The Kier molecular flexibility index (Phi) is 4.55. The zero-order valence-electron chi connectivity index (χ0n) is 15.5. The number of aliphatic hydroxyl groups is 3. The predicted molar refractivity (Wildman–Crippen MR) is 105 cm³/mol. The van der Waals surface area contributed by atoms with E-state index in [9.17, 15) is 15.3 Å². The second-order valence-corrected chi connectivity index (χ2v) is 7.36. The summed E-state index contributed by atoms with van der Waals surface area (Å²) in [6.07, 6.45) is -0.560. The minimum absolute atomic E-state index is 0.358. The Hall–Kier alpha value is -2.79. The zero-order valence-corrected chi connectivity index (χ0v) is 15.5. The Morgan fingerprint density at radius 1 is 1.10 bits per heavy atom. The molecular weight excluding hydrogens is 376 g/mol. The molecule has 2 aromatic heterocycles. The van der Waals surface area contributed by atoms with E-state index in [1.165, 1.54) is 6.33 Å². The molecule has 1 aliphatic carbocycles. The number of aromatic nitrogens is 4. The van der Waals surface area contributed by atoms with Gasteiger partial charge in [0, 0.05) is 11.7 Å². The van der Waals surface area contributed by atoms with Gasteiger partial charge in [-0.1, -0.05) is 18.2 Å². The van der Waals surface area contributed by atoms with Crippen LogP contribution in [0.4, 0.5) is 17.5 Å². The van der Waals surface area contributed by atoms with Crippen molar-refractivity contribution >= 4 is 28.6 Å². The molecule has 1 aliphatic heterocycles. The number of nitrogens with zero attached hydrogens (tertiary/aromatic N) is 4. The first-order chi connectivity index (χ1) is 14.1. The van der Waals surface area contributed by atoms with Crippen molar-refractivity contribution in [3.8, 4) is 0 Å². The number of aliphatic hydroxyl groups excluding tert-OH is 3. The van der Waals surface area contributed by atoms with E-state index in [0.717, 1.165) is 18.5 Å². The highest BCUT2D eigenvalue weighted by molar-refractivity contribution is 5.85. The molecule has 0 radical (unpaired) electrons. The van der Waals surface area contributed by atoms with Crippen LogP contribution in [0.5, 0.6) is 0 Å². The molecule has 5 rings (SSSR count). The first-order valence-electron chi connectivity index (χ1n) is 9.59. The molecular formula is C19H22N6O4. The van der Waals surface area contributed by atoms with Crippen LogP contribution in [0.2, 0.25) is 0 Å². The largest absolute Gasteiger partial charge is 0.394 e. The maximum absolute atomic E-state index is 10.4. The fraction of sp³-hybridized carbons (Fsp3) is 0.421. The highest BCUT2D eigenvalue weighted by Gasteiger charge is 2.44. The molecule has 0 amide bonds. The zero-order chi connectivity index (χ0) is 20.0. The number of rotatable bonds is 6. The Balaban J connectivity index is 1.56. The normalized spacial score (nSPS) is 26.7. The number of para-hydroxylation sites is 1. The van der Waals surface area contributed by atoms with Crippen molar-refractivity contribution in [2.24, 2.45) is 0 Å². The number of nitrogens with one attached hydrogen (secondary N) is 2. The predicted octanol–water partition coefficient (Wildman–Crippen LogP) is 0.756. The third kappa shape index (κ3) is 3.40. The van der Waals surface area contributed by atoms with Gasteiger partial charge in [-0.15, -0.1) is 0 Å². The standard InChI is InChI=1S/C19H22N6O4/c26-8-12-14(27)15(28)18(29-12)25-9-20-13-16(21-11-6-7-11)23-19(24-17(13)25)22-10-4-2-1-3-5-10/h1-5,9,11-12,14-15,18,26-28H,6-8H2,(H2,21,22,23,24)/t12-,14-,15-,18?/m1/s1. The Bertz CT molecular complexity index is 1010. The quantitative estimate of drug-likeness (QED) is 0.407. The average Bonchev–Trinajstić information content (AvgIpc) is 3.38. The van der Waals surface area contributed by atoms with Crippen molar-refractivity contribution < 1.29 is 20.1 Å². The molecule has 0 spiro atoms. The van der Waals surface area contributed by atoms with Gasteiger partial charge in [0.2, 0.25) is 5.95 Å². The van der Waals surface area contributed by atoms with Gasteiger partial charge in [-0.25, -0.2) is 4.98 Å². The van der Waals surface area contributed by atoms with Crippen LogP contribution in [0.25, 0.3) is 11.2 Å². The van der Waals surface area contributed by atoms with Crippen molar-refractivity contribution in [1.82, 2.24) is 19.5 Å². The summed E-state index contributed by atoms with van der Waals surface area (Å²) in [4.78, 5) is 13.6. The molecule has 1 saturated carbocycles. The second kappa shape index (κ2) is 7.23. The van der Waals surface area contributed by atoms with Gasteiger partial charge in [0.15, 0.2) is 23.2 Å². The van der Waals surface area contributed by atoms with Crippen molar-refractivity contribution in [2.75, 3.05) is 17.2 Å². The summed E-state index contributed by atoms with van der Waals surface area (Å²) in [5.74, 6) is 0.974. The van der Waals surface area contributed by atoms with Crippen molar-refractivity contribution in [3.05, 3.63) is 36.7 Å². The van der Waals surface area contributed by atoms with Crippen LogP contribution in [0.3, 0.4) is 0 Å². The van der Waals surface area contributed by atoms with Gasteiger partial charge < -0.3 is 30.7 Å². The highest BCUT2D eigenvalue weighted by atomic mass is 16.6. The van der Waals surface area contributed by atoms with Crippen LogP contribution in [-0.4, -0.2) is 65.8 Å². The molecule has 3 heterocycles. The molecule has 1 aromatic carbocycles. The molecule has 2 aliphatic rings. The van der Waals surface area contributed by atoms with Crippen molar-refractivity contribution in [2.45, 2.75) is 43.4 Å². The van der Waals surface area contributed by atoms with Crippen LogP contribution < -0.4 is 10.6 Å². The molecule has 10 heteroatoms. The average molecular weight is 398 g/mol. The van der Waals surface area contributed by atoms with E-state index in [0.29, 0.717) is 29.0 Å². The first-order valence-corrected chi connectivity index (χ1v) is 9.59. The lowest BCUT2D eigenvalue weighted by Gasteiger charge is -2.17. The molecule has 10 nitrogen and oxygen atoms in total. The maximum atomic E-state index is 10.4. The number of benzene rings is 1. The minimum atomic E-state index is -1.22. The molecule has 152 valence electrons. The van der Waals surface area contributed by atoms with E-state index in [2.05, 4.69) is 25.6 Å². The van der Waals surface area contributed by atoms with Crippen molar-refractivity contribution in [1.29, 1.82) is 0 Å². The maximum Gasteiger partial charge on any atom is 0.231 e. The minimum Gasteiger partial charge on any atom is -0.394 e. The second-order valence-electron chi connectivity index (χ2n) is 7.36. The van der Waals surface area contributed by atoms with Crippen LogP contribution in [0.1, 0.15) is 19.1 Å². The van der Waals surface area contributed by atoms with Gasteiger partial charge in [-0.05, 0) is 25.0 Å². The third-order valence-electron chi connectivity index (χ3n) is 5.16. The van der Waals surface area contributed by atoms with Gasteiger partial charge in [-0.2, -0.15) is 9.97 Å². The number of hydrogen-bond acceptors (Lipinski definition) is 9. The lowest BCUT2D eigenvalue weighted by Crippen LogP contribution is -2.33. The Morgan fingerprint density at radius 2 is 1.90 bits per heavy atom. The van der Waals surface area contributed by atoms with E-state index in [1.807, 2.05) is 30.3 Å². The fourth-order valence-electron chi connectivity index (χ4n) is 3.44. The fourth-order valence-corrected chi connectivity index (χ4v) is 3.44. The monoisotopic (exact) mass is 398 g/mol. The van der Waals surface area contributed by atoms with E-state index in [4.69, 9.17) is 4.74 Å². The SMILES string of the molecule is OC[C@H]1OC(n2cnc3c(NC4CC4)nc(Nc4ccccc4)nc32)[C@H](O)[C@@H]1O. The van der Waals surface area contributed by atoms with E-state index in [1.54, 1.807) is 4.57 Å².